The lowest BCUT2D eigenvalue weighted by Crippen LogP contribution is -2.32. The molecule has 0 saturated carbocycles. The number of H-pyrrole nitrogens is 1. The first kappa shape index (κ1) is 18.6. The van der Waals surface area contributed by atoms with Crippen molar-refractivity contribution in [1.29, 1.82) is 0 Å². The number of pyridine rings is 1. The molecule has 4 rings (SSSR count). The number of alkyl halides is 3. The third-order valence-corrected chi connectivity index (χ3v) is 4.84. The van der Waals surface area contributed by atoms with E-state index in [1.54, 1.807) is 30.6 Å². The molecule has 1 aromatic carbocycles. The second-order valence-corrected chi connectivity index (χ2v) is 6.95. The van der Waals surface area contributed by atoms with Crippen molar-refractivity contribution in [2.24, 2.45) is 0 Å². The highest BCUT2D eigenvalue weighted by molar-refractivity contribution is 5.64. The monoisotopic (exact) mass is 390 g/mol. The lowest BCUT2D eigenvalue weighted by atomic mass is 10.1. The Labute approximate surface area is 159 Å². The average Bonchev–Trinajstić information content (AvgIpc) is 3.30. The molecular weight excluding hydrogens is 372 g/mol. The molecule has 0 unspecified atom stereocenters. The minimum absolute atomic E-state index is 0.0457. The SMILES string of the molecule is Fc1cccc(-c2ccc(-c3c[nH]c([C@@H]4CCN(CC(F)(F)F)C4)n3)cn2)c1. The van der Waals surface area contributed by atoms with Crippen LogP contribution in [0, 0.1) is 5.82 Å². The number of hydrogen-bond acceptors (Lipinski definition) is 3. The zero-order chi connectivity index (χ0) is 19.7. The number of aromatic nitrogens is 3. The molecule has 1 aliphatic heterocycles. The molecule has 2 aromatic heterocycles. The maximum atomic E-state index is 13.4. The Bertz CT molecular complexity index is 949. The summed E-state index contributed by atoms with van der Waals surface area (Å²) >= 11 is 0. The third-order valence-electron chi connectivity index (χ3n) is 4.84. The molecule has 146 valence electrons. The number of hydrogen-bond donors (Lipinski definition) is 1. The first-order valence-electron chi connectivity index (χ1n) is 8.94. The first-order valence-corrected chi connectivity index (χ1v) is 8.94. The Kier molecular flexibility index (Phi) is 4.89. The summed E-state index contributed by atoms with van der Waals surface area (Å²) < 4.78 is 51.0. The maximum absolute atomic E-state index is 13.4. The van der Waals surface area contributed by atoms with Crippen LogP contribution in [-0.2, 0) is 0 Å². The number of benzene rings is 1. The van der Waals surface area contributed by atoms with Gasteiger partial charge in [-0.3, -0.25) is 9.88 Å². The molecule has 3 aromatic rings. The molecule has 8 heteroatoms. The normalized spacial score (nSPS) is 17.9. The molecule has 3 heterocycles. The fourth-order valence-electron chi connectivity index (χ4n) is 3.51. The quantitative estimate of drug-likeness (QED) is 0.661. The van der Waals surface area contributed by atoms with Gasteiger partial charge in [0.1, 0.15) is 11.6 Å². The van der Waals surface area contributed by atoms with Crippen LogP contribution in [0.25, 0.3) is 22.5 Å². The molecule has 0 radical (unpaired) electrons. The van der Waals surface area contributed by atoms with Crippen LogP contribution < -0.4 is 0 Å². The van der Waals surface area contributed by atoms with E-state index >= 15 is 0 Å². The lowest BCUT2D eigenvalue weighted by molar-refractivity contribution is -0.143. The van der Waals surface area contributed by atoms with E-state index in [4.69, 9.17) is 0 Å². The summed E-state index contributed by atoms with van der Waals surface area (Å²) in [5, 5.41) is 0. The van der Waals surface area contributed by atoms with Gasteiger partial charge in [0.2, 0.25) is 0 Å². The summed E-state index contributed by atoms with van der Waals surface area (Å²) in [6.45, 7) is -0.143. The summed E-state index contributed by atoms with van der Waals surface area (Å²) in [4.78, 5) is 13.4. The van der Waals surface area contributed by atoms with Crippen LogP contribution in [0.15, 0.2) is 48.8 Å². The zero-order valence-corrected chi connectivity index (χ0v) is 14.9. The van der Waals surface area contributed by atoms with Crippen LogP contribution in [0.4, 0.5) is 17.6 Å². The van der Waals surface area contributed by atoms with E-state index in [1.807, 2.05) is 6.07 Å². The van der Waals surface area contributed by atoms with E-state index in [2.05, 4.69) is 15.0 Å². The van der Waals surface area contributed by atoms with Gasteiger partial charge in [0.15, 0.2) is 0 Å². The Morgan fingerprint density at radius 2 is 1.96 bits per heavy atom. The Morgan fingerprint density at radius 1 is 1.11 bits per heavy atom. The van der Waals surface area contributed by atoms with Gasteiger partial charge in [-0.1, -0.05) is 12.1 Å². The molecule has 4 nitrogen and oxygen atoms in total. The highest BCUT2D eigenvalue weighted by Crippen LogP contribution is 2.29. The minimum atomic E-state index is -4.18. The Morgan fingerprint density at radius 3 is 2.68 bits per heavy atom. The van der Waals surface area contributed by atoms with Gasteiger partial charge in [0, 0.05) is 36.0 Å². The van der Waals surface area contributed by atoms with Gasteiger partial charge < -0.3 is 4.98 Å². The second kappa shape index (κ2) is 7.35. The number of likely N-dealkylation sites (tertiary alicyclic amines) is 1. The number of rotatable bonds is 4. The van der Waals surface area contributed by atoms with Crippen LogP contribution in [0.1, 0.15) is 18.2 Å². The number of nitrogens with one attached hydrogen (secondary N) is 1. The maximum Gasteiger partial charge on any atom is 0.401 e. The van der Waals surface area contributed by atoms with Gasteiger partial charge in [0.25, 0.3) is 0 Å². The molecule has 0 spiro atoms. The molecule has 1 N–H and O–H groups in total. The first-order chi connectivity index (χ1) is 13.4. The van der Waals surface area contributed by atoms with Gasteiger partial charge in [-0.05, 0) is 37.2 Å². The van der Waals surface area contributed by atoms with Crippen molar-refractivity contribution in [3.8, 4) is 22.5 Å². The predicted molar refractivity (Wildman–Crippen MR) is 97.1 cm³/mol. The van der Waals surface area contributed by atoms with E-state index in [1.165, 1.54) is 17.0 Å². The fraction of sp³-hybridized carbons (Fsp3) is 0.300. The zero-order valence-electron chi connectivity index (χ0n) is 14.9. The summed E-state index contributed by atoms with van der Waals surface area (Å²) in [7, 11) is 0. The highest BCUT2D eigenvalue weighted by atomic mass is 19.4. The van der Waals surface area contributed by atoms with Crippen molar-refractivity contribution in [1.82, 2.24) is 19.9 Å². The number of imidazole rings is 1. The molecule has 28 heavy (non-hydrogen) atoms. The molecule has 1 aliphatic rings. The number of aromatic amines is 1. The van der Waals surface area contributed by atoms with Crippen molar-refractivity contribution in [3.63, 3.8) is 0 Å². The minimum Gasteiger partial charge on any atom is -0.348 e. The van der Waals surface area contributed by atoms with Crippen molar-refractivity contribution in [3.05, 3.63) is 60.4 Å². The van der Waals surface area contributed by atoms with E-state index in [0.29, 0.717) is 42.3 Å². The van der Waals surface area contributed by atoms with Crippen molar-refractivity contribution >= 4 is 0 Å². The van der Waals surface area contributed by atoms with Crippen LogP contribution >= 0.6 is 0 Å². The fourth-order valence-corrected chi connectivity index (χ4v) is 3.51. The lowest BCUT2D eigenvalue weighted by Gasteiger charge is -2.17. The van der Waals surface area contributed by atoms with E-state index in [-0.39, 0.29) is 11.7 Å². The van der Waals surface area contributed by atoms with Crippen LogP contribution in [0.5, 0.6) is 0 Å². The van der Waals surface area contributed by atoms with Gasteiger partial charge >= 0.3 is 6.18 Å². The van der Waals surface area contributed by atoms with E-state index in [0.717, 1.165) is 5.56 Å². The van der Waals surface area contributed by atoms with Crippen LogP contribution in [-0.4, -0.2) is 45.7 Å². The Hall–Kier alpha value is -2.74. The van der Waals surface area contributed by atoms with E-state index in [9.17, 15) is 17.6 Å². The summed E-state index contributed by atoms with van der Waals surface area (Å²) in [6.07, 6.45) is -0.149. The van der Waals surface area contributed by atoms with Crippen LogP contribution in [0.2, 0.25) is 0 Å². The topological polar surface area (TPSA) is 44.8 Å². The summed E-state index contributed by atoms with van der Waals surface area (Å²) in [6, 6.07) is 9.84. The number of nitrogens with zero attached hydrogens (tertiary/aromatic N) is 3. The van der Waals surface area contributed by atoms with Crippen molar-refractivity contribution in [2.75, 3.05) is 19.6 Å². The molecule has 1 saturated heterocycles. The summed E-state index contributed by atoms with van der Waals surface area (Å²) in [5.41, 5.74) is 2.80. The van der Waals surface area contributed by atoms with Crippen molar-refractivity contribution < 1.29 is 17.6 Å². The van der Waals surface area contributed by atoms with Crippen molar-refractivity contribution in [2.45, 2.75) is 18.5 Å². The second-order valence-electron chi connectivity index (χ2n) is 6.95. The number of halogens is 4. The van der Waals surface area contributed by atoms with Gasteiger partial charge in [-0.25, -0.2) is 9.37 Å². The molecule has 0 amide bonds. The third kappa shape index (κ3) is 4.22. The molecule has 0 aliphatic carbocycles. The molecular formula is C20H18F4N4. The highest BCUT2D eigenvalue weighted by Gasteiger charge is 2.35. The average molecular weight is 390 g/mol. The van der Waals surface area contributed by atoms with Gasteiger partial charge in [-0.2, -0.15) is 13.2 Å². The van der Waals surface area contributed by atoms with Crippen LogP contribution in [0.3, 0.4) is 0 Å². The smallest absolute Gasteiger partial charge is 0.348 e. The Balaban J connectivity index is 1.46. The predicted octanol–water partition coefficient (Wildman–Crippen LogP) is 4.63. The molecule has 1 atom stereocenters. The standard InChI is InChI=1S/C20H18F4N4/c21-16-3-1-2-13(8-16)17-5-4-14(9-25-17)18-10-26-19(27-18)15-6-7-28(11-15)12-20(22,23)24/h1-5,8-10,15H,6-7,11-12H2,(H,26,27)/t15-/m1/s1. The largest absolute Gasteiger partial charge is 0.401 e. The van der Waals surface area contributed by atoms with E-state index < -0.39 is 12.7 Å². The molecule has 1 fully saturated rings. The summed E-state index contributed by atoms with van der Waals surface area (Å²) in [5.74, 6) is 0.320. The van der Waals surface area contributed by atoms with Gasteiger partial charge in [-0.15, -0.1) is 0 Å². The van der Waals surface area contributed by atoms with Gasteiger partial charge in [0.05, 0.1) is 17.9 Å². The molecule has 0 bridgehead atoms.